The maximum atomic E-state index is 12.2. The molecule has 0 aliphatic rings. The van der Waals surface area contributed by atoms with Gasteiger partial charge in [-0.15, -0.1) is 0 Å². The highest BCUT2D eigenvalue weighted by atomic mass is 35.5. The van der Waals surface area contributed by atoms with Gasteiger partial charge in [-0.1, -0.05) is 23.7 Å². The first-order valence-electron chi connectivity index (χ1n) is 6.73. The van der Waals surface area contributed by atoms with E-state index in [0.29, 0.717) is 22.1 Å². The minimum atomic E-state index is -0.0268. The summed E-state index contributed by atoms with van der Waals surface area (Å²) in [6.45, 7) is 0. The predicted molar refractivity (Wildman–Crippen MR) is 85.1 cm³/mol. The molecule has 0 amide bonds. The molecule has 0 unspecified atom stereocenters. The van der Waals surface area contributed by atoms with Gasteiger partial charge in [-0.25, -0.2) is 0 Å². The van der Waals surface area contributed by atoms with Crippen LogP contribution in [-0.4, -0.2) is 25.1 Å². The summed E-state index contributed by atoms with van der Waals surface area (Å²) in [5.74, 6) is 0.867. The number of phenols is 1. The van der Waals surface area contributed by atoms with Gasteiger partial charge in [0.15, 0.2) is 0 Å². The Labute approximate surface area is 134 Å². The van der Waals surface area contributed by atoms with Gasteiger partial charge in [0.1, 0.15) is 23.0 Å². The number of methoxy groups -OCH3 is 2. The van der Waals surface area contributed by atoms with Gasteiger partial charge in [0.05, 0.1) is 14.2 Å². The average Bonchev–Trinajstić information content (AvgIpc) is 2.51. The van der Waals surface area contributed by atoms with Crippen LogP contribution in [0.3, 0.4) is 0 Å². The normalized spacial score (nSPS) is 10.3. The van der Waals surface area contributed by atoms with E-state index in [2.05, 4.69) is 0 Å². The monoisotopic (exact) mass is 320 g/mol. The Balaban J connectivity index is 2.15. The highest BCUT2D eigenvalue weighted by Gasteiger charge is 2.15. The van der Waals surface area contributed by atoms with Crippen LogP contribution in [0, 0.1) is 0 Å². The number of Topliss-reactive ketones (excluding diaryl/α,β-unsaturated/α-hetero) is 1. The molecule has 0 bridgehead atoms. The summed E-state index contributed by atoms with van der Waals surface area (Å²) in [7, 11) is 2.99. The van der Waals surface area contributed by atoms with Crippen molar-refractivity contribution in [1.29, 1.82) is 0 Å². The van der Waals surface area contributed by atoms with Crippen LogP contribution in [0.4, 0.5) is 0 Å². The SMILES string of the molecule is COc1cc(O)c(CC(=O)Cc2ccc(Cl)cc2)c(OC)c1. The summed E-state index contributed by atoms with van der Waals surface area (Å²) >= 11 is 5.82. The van der Waals surface area contributed by atoms with Crippen LogP contribution < -0.4 is 9.47 Å². The van der Waals surface area contributed by atoms with Gasteiger partial charge in [-0.3, -0.25) is 4.79 Å². The Morgan fingerprint density at radius 3 is 2.36 bits per heavy atom. The summed E-state index contributed by atoms with van der Waals surface area (Å²) in [4.78, 5) is 12.2. The zero-order valence-electron chi connectivity index (χ0n) is 12.4. The Morgan fingerprint density at radius 1 is 1.09 bits per heavy atom. The van der Waals surface area contributed by atoms with Gasteiger partial charge in [-0.05, 0) is 17.7 Å². The molecule has 22 heavy (non-hydrogen) atoms. The minimum absolute atomic E-state index is 0.0133. The van der Waals surface area contributed by atoms with Gasteiger partial charge >= 0.3 is 0 Å². The smallest absolute Gasteiger partial charge is 0.141 e. The van der Waals surface area contributed by atoms with E-state index in [1.54, 1.807) is 18.2 Å². The summed E-state index contributed by atoms with van der Waals surface area (Å²) < 4.78 is 10.3. The molecule has 0 heterocycles. The van der Waals surface area contributed by atoms with E-state index >= 15 is 0 Å². The third kappa shape index (κ3) is 3.92. The van der Waals surface area contributed by atoms with Crippen LogP contribution in [0.5, 0.6) is 17.2 Å². The average molecular weight is 321 g/mol. The molecule has 1 N–H and O–H groups in total. The molecular weight excluding hydrogens is 304 g/mol. The Hall–Kier alpha value is -2.20. The molecule has 2 aromatic carbocycles. The predicted octanol–water partition coefficient (Wildman–Crippen LogP) is 3.42. The molecule has 116 valence electrons. The third-order valence-corrected chi connectivity index (χ3v) is 3.56. The fraction of sp³-hybridized carbons (Fsp3) is 0.235. The maximum Gasteiger partial charge on any atom is 0.141 e. The standard InChI is InChI=1S/C17H17ClO4/c1-21-14-9-16(20)15(17(10-14)22-2)8-13(19)7-11-3-5-12(18)6-4-11/h3-6,9-10,20H,7-8H2,1-2H3. The summed E-state index contributed by atoms with van der Waals surface area (Å²) in [5.41, 5.74) is 1.34. The van der Waals surface area contributed by atoms with Crippen LogP contribution >= 0.6 is 11.6 Å². The molecule has 0 aromatic heterocycles. The van der Waals surface area contributed by atoms with Gasteiger partial charge < -0.3 is 14.6 Å². The first kappa shape index (κ1) is 16.2. The zero-order valence-corrected chi connectivity index (χ0v) is 13.2. The minimum Gasteiger partial charge on any atom is -0.507 e. The fourth-order valence-corrected chi connectivity index (χ4v) is 2.30. The van der Waals surface area contributed by atoms with Crippen LogP contribution in [0.25, 0.3) is 0 Å². The van der Waals surface area contributed by atoms with Gasteiger partial charge in [-0.2, -0.15) is 0 Å². The molecule has 0 aliphatic carbocycles. The van der Waals surface area contributed by atoms with Crippen molar-refractivity contribution in [2.24, 2.45) is 0 Å². The molecule has 2 rings (SSSR count). The number of halogens is 1. The van der Waals surface area contributed by atoms with Crippen molar-refractivity contribution in [1.82, 2.24) is 0 Å². The molecule has 0 saturated carbocycles. The molecule has 0 atom stereocenters. The molecule has 0 saturated heterocycles. The number of aromatic hydroxyl groups is 1. The highest BCUT2D eigenvalue weighted by molar-refractivity contribution is 6.30. The summed E-state index contributed by atoms with van der Waals surface area (Å²) in [6.07, 6.45) is 0.355. The molecule has 0 fully saturated rings. The highest BCUT2D eigenvalue weighted by Crippen LogP contribution is 2.33. The molecule has 5 heteroatoms. The lowest BCUT2D eigenvalue weighted by molar-refractivity contribution is -0.117. The largest absolute Gasteiger partial charge is 0.507 e. The number of hydrogen-bond acceptors (Lipinski definition) is 4. The Morgan fingerprint density at radius 2 is 1.77 bits per heavy atom. The maximum absolute atomic E-state index is 12.2. The topological polar surface area (TPSA) is 55.8 Å². The summed E-state index contributed by atoms with van der Waals surface area (Å²) in [5, 5.41) is 10.7. The lowest BCUT2D eigenvalue weighted by atomic mass is 10.0. The van der Waals surface area contributed by atoms with Crippen molar-refractivity contribution in [2.45, 2.75) is 12.8 Å². The van der Waals surface area contributed by atoms with E-state index in [9.17, 15) is 9.90 Å². The van der Waals surface area contributed by atoms with Gasteiger partial charge in [0.25, 0.3) is 0 Å². The number of benzene rings is 2. The third-order valence-electron chi connectivity index (χ3n) is 3.30. The fourth-order valence-electron chi connectivity index (χ4n) is 2.17. The van der Waals surface area contributed by atoms with E-state index in [0.717, 1.165) is 5.56 Å². The van der Waals surface area contributed by atoms with Crippen molar-refractivity contribution < 1.29 is 19.4 Å². The summed E-state index contributed by atoms with van der Waals surface area (Å²) in [6, 6.07) is 10.2. The van der Waals surface area contributed by atoms with Crippen LogP contribution in [0.1, 0.15) is 11.1 Å². The van der Waals surface area contributed by atoms with Crippen molar-refractivity contribution >= 4 is 17.4 Å². The van der Waals surface area contributed by atoms with E-state index in [-0.39, 0.29) is 24.4 Å². The van der Waals surface area contributed by atoms with Crippen molar-refractivity contribution in [3.8, 4) is 17.2 Å². The van der Waals surface area contributed by atoms with Gasteiger partial charge in [0.2, 0.25) is 0 Å². The molecule has 0 aliphatic heterocycles. The van der Waals surface area contributed by atoms with Crippen LogP contribution in [-0.2, 0) is 17.6 Å². The number of hydrogen-bond donors (Lipinski definition) is 1. The Bertz CT molecular complexity index is 665. The zero-order chi connectivity index (χ0) is 16.1. The first-order chi connectivity index (χ1) is 10.5. The van der Waals surface area contributed by atoms with Crippen molar-refractivity contribution in [2.75, 3.05) is 14.2 Å². The molecule has 0 spiro atoms. The number of ketones is 1. The number of ether oxygens (including phenoxy) is 2. The number of rotatable bonds is 6. The van der Waals surface area contributed by atoms with E-state index in [4.69, 9.17) is 21.1 Å². The second-order valence-corrected chi connectivity index (χ2v) is 5.28. The van der Waals surface area contributed by atoms with E-state index in [1.165, 1.54) is 20.3 Å². The number of carbonyl (C=O) groups excluding carboxylic acids is 1. The lowest BCUT2D eigenvalue weighted by Crippen LogP contribution is -2.08. The van der Waals surface area contributed by atoms with E-state index in [1.807, 2.05) is 12.1 Å². The Kier molecular flexibility index (Phi) is 5.28. The van der Waals surface area contributed by atoms with Crippen molar-refractivity contribution in [3.63, 3.8) is 0 Å². The number of carbonyl (C=O) groups is 1. The quantitative estimate of drug-likeness (QED) is 0.886. The molecular formula is C17H17ClO4. The molecule has 4 nitrogen and oxygen atoms in total. The van der Waals surface area contributed by atoms with Crippen LogP contribution in [0.15, 0.2) is 36.4 Å². The number of phenolic OH excluding ortho intramolecular Hbond substituents is 1. The molecule has 0 radical (unpaired) electrons. The van der Waals surface area contributed by atoms with E-state index < -0.39 is 0 Å². The first-order valence-corrected chi connectivity index (χ1v) is 7.11. The van der Waals surface area contributed by atoms with Crippen LogP contribution in [0.2, 0.25) is 5.02 Å². The second kappa shape index (κ2) is 7.18. The lowest BCUT2D eigenvalue weighted by Gasteiger charge is -2.12. The second-order valence-electron chi connectivity index (χ2n) is 4.85. The van der Waals surface area contributed by atoms with Gasteiger partial charge in [0, 0.05) is 35.6 Å². The van der Waals surface area contributed by atoms with Crippen molar-refractivity contribution in [3.05, 3.63) is 52.5 Å². The molecule has 2 aromatic rings.